The average molecular weight is 212 g/mol. The fourth-order valence-corrected chi connectivity index (χ4v) is 2.17. The molecule has 0 bridgehead atoms. The molecule has 88 valence electrons. The smallest absolute Gasteiger partial charge is 0.164 e. The van der Waals surface area contributed by atoms with Crippen molar-refractivity contribution in [3.8, 4) is 0 Å². The van der Waals surface area contributed by atoms with Gasteiger partial charge in [0, 0.05) is 6.42 Å². The largest absolute Gasteiger partial charge is 0.382 e. The molecular formula is C13H24O2. The third kappa shape index (κ3) is 3.30. The zero-order valence-electron chi connectivity index (χ0n) is 10.3. The Morgan fingerprint density at radius 1 is 1.47 bits per heavy atom. The maximum atomic E-state index is 11.9. The number of rotatable bonds is 4. The van der Waals surface area contributed by atoms with Crippen molar-refractivity contribution in [2.24, 2.45) is 11.8 Å². The quantitative estimate of drug-likeness (QED) is 0.778. The van der Waals surface area contributed by atoms with Gasteiger partial charge in [0.25, 0.3) is 0 Å². The van der Waals surface area contributed by atoms with Gasteiger partial charge in [-0.25, -0.2) is 0 Å². The molecule has 0 aromatic carbocycles. The number of hydrogen-bond acceptors (Lipinski definition) is 2. The molecule has 2 nitrogen and oxygen atoms in total. The molecule has 1 N–H and O–H groups in total. The van der Waals surface area contributed by atoms with Crippen LogP contribution in [-0.4, -0.2) is 16.5 Å². The molecule has 1 unspecified atom stereocenters. The highest BCUT2D eigenvalue weighted by Crippen LogP contribution is 2.33. The lowest BCUT2D eigenvalue weighted by atomic mass is 9.75. The van der Waals surface area contributed by atoms with Crippen molar-refractivity contribution in [2.75, 3.05) is 0 Å². The molecule has 1 fully saturated rings. The van der Waals surface area contributed by atoms with Gasteiger partial charge >= 0.3 is 0 Å². The van der Waals surface area contributed by atoms with Crippen molar-refractivity contribution in [3.05, 3.63) is 0 Å². The van der Waals surface area contributed by atoms with E-state index in [0.717, 1.165) is 19.3 Å². The summed E-state index contributed by atoms with van der Waals surface area (Å²) in [5, 5.41) is 10.3. The van der Waals surface area contributed by atoms with Gasteiger partial charge in [-0.15, -0.1) is 0 Å². The maximum Gasteiger partial charge on any atom is 0.164 e. The van der Waals surface area contributed by atoms with Crippen LogP contribution in [0.15, 0.2) is 0 Å². The van der Waals surface area contributed by atoms with E-state index in [4.69, 9.17) is 0 Å². The van der Waals surface area contributed by atoms with E-state index in [9.17, 15) is 9.90 Å². The highest BCUT2D eigenvalue weighted by atomic mass is 16.3. The van der Waals surface area contributed by atoms with Crippen molar-refractivity contribution >= 4 is 5.78 Å². The molecule has 0 spiro atoms. The molecule has 0 aliphatic heterocycles. The molecule has 0 aromatic heterocycles. The highest BCUT2D eigenvalue weighted by molar-refractivity contribution is 5.87. The summed E-state index contributed by atoms with van der Waals surface area (Å²) in [6.07, 6.45) is 4.87. The number of aliphatic hydroxyl groups is 1. The molecule has 2 heteroatoms. The maximum absolute atomic E-state index is 11.9. The summed E-state index contributed by atoms with van der Waals surface area (Å²) in [5.41, 5.74) is -0.990. The van der Waals surface area contributed by atoms with Gasteiger partial charge in [0.2, 0.25) is 0 Å². The molecule has 1 atom stereocenters. The molecule has 1 rings (SSSR count). The van der Waals surface area contributed by atoms with Crippen LogP contribution in [0.1, 0.15) is 59.3 Å². The lowest BCUT2D eigenvalue weighted by molar-refractivity contribution is -0.142. The van der Waals surface area contributed by atoms with Gasteiger partial charge in [-0.1, -0.05) is 27.2 Å². The first-order chi connectivity index (χ1) is 6.98. The second-order valence-corrected chi connectivity index (χ2v) is 5.35. The zero-order chi connectivity index (χ0) is 11.5. The van der Waals surface area contributed by atoms with Crippen molar-refractivity contribution in [2.45, 2.75) is 64.9 Å². The number of Topliss-reactive ketones (excluding diaryl/α,β-unsaturated/α-hetero) is 1. The summed E-state index contributed by atoms with van der Waals surface area (Å²) >= 11 is 0. The van der Waals surface area contributed by atoms with E-state index in [1.54, 1.807) is 0 Å². The lowest BCUT2D eigenvalue weighted by Crippen LogP contribution is -2.42. The van der Waals surface area contributed by atoms with Crippen LogP contribution in [0.25, 0.3) is 0 Å². The third-order valence-corrected chi connectivity index (χ3v) is 3.85. The van der Waals surface area contributed by atoms with Crippen LogP contribution in [0.4, 0.5) is 0 Å². The second-order valence-electron chi connectivity index (χ2n) is 5.35. The SMILES string of the molecule is CCC(C)CC(=O)C1(O)CCC(C)CC1. The molecular weight excluding hydrogens is 188 g/mol. The molecule has 0 heterocycles. The standard InChI is InChI=1S/C13H24O2/c1-4-10(2)9-12(14)13(15)7-5-11(3)6-8-13/h10-11,15H,4-9H2,1-3H3. The van der Waals surface area contributed by atoms with Gasteiger partial charge in [0.05, 0.1) is 0 Å². The van der Waals surface area contributed by atoms with E-state index in [2.05, 4.69) is 20.8 Å². The van der Waals surface area contributed by atoms with Gasteiger partial charge in [0.1, 0.15) is 5.60 Å². The summed E-state index contributed by atoms with van der Waals surface area (Å²) in [6, 6.07) is 0. The normalized spacial score (nSPS) is 33.7. The highest BCUT2D eigenvalue weighted by Gasteiger charge is 2.38. The van der Waals surface area contributed by atoms with E-state index < -0.39 is 5.60 Å². The van der Waals surface area contributed by atoms with Gasteiger partial charge in [-0.3, -0.25) is 4.79 Å². The van der Waals surface area contributed by atoms with Crippen LogP contribution in [0, 0.1) is 11.8 Å². The molecule has 1 saturated carbocycles. The second kappa shape index (κ2) is 5.11. The van der Waals surface area contributed by atoms with Crippen molar-refractivity contribution < 1.29 is 9.90 Å². The Morgan fingerprint density at radius 3 is 2.47 bits per heavy atom. The summed E-state index contributed by atoms with van der Waals surface area (Å²) < 4.78 is 0. The Labute approximate surface area is 93.1 Å². The van der Waals surface area contributed by atoms with Crippen LogP contribution < -0.4 is 0 Å². The molecule has 0 radical (unpaired) electrons. The van der Waals surface area contributed by atoms with Gasteiger partial charge in [0.15, 0.2) is 5.78 Å². The van der Waals surface area contributed by atoms with E-state index in [0.29, 0.717) is 31.1 Å². The topological polar surface area (TPSA) is 37.3 Å². The predicted molar refractivity (Wildman–Crippen MR) is 61.7 cm³/mol. The Balaban J connectivity index is 2.50. The van der Waals surface area contributed by atoms with Crippen LogP contribution in [0.2, 0.25) is 0 Å². The van der Waals surface area contributed by atoms with E-state index in [1.165, 1.54) is 0 Å². The summed E-state index contributed by atoms with van der Waals surface area (Å²) in [7, 11) is 0. The molecule has 1 aliphatic rings. The number of carbonyl (C=O) groups is 1. The number of ketones is 1. The first kappa shape index (κ1) is 12.7. The lowest BCUT2D eigenvalue weighted by Gasteiger charge is -2.34. The molecule has 1 aliphatic carbocycles. The molecule has 15 heavy (non-hydrogen) atoms. The van der Waals surface area contributed by atoms with Gasteiger partial charge in [-0.2, -0.15) is 0 Å². The zero-order valence-corrected chi connectivity index (χ0v) is 10.3. The average Bonchev–Trinajstić information content (AvgIpc) is 2.22. The third-order valence-electron chi connectivity index (χ3n) is 3.85. The fourth-order valence-electron chi connectivity index (χ4n) is 2.17. The van der Waals surface area contributed by atoms with E-state index >= 15 is 0 Å². The minimum atomic E-state index is -0.990. The molecule has 0 amide bonds. The fraction of sp³-hybridized carbons (Fsp3) is 0.923. The summed E-state index contributed by atoms with van der Waals surface area (Å²) in [4.78, 5) is 11.9. The minimum Gasteiger partial charge on any atom is -0.382 e. The monoisotopic (exact) mass is 212 g/mol. The number of hydrogen-bond donors (Lipinski definition) is 1. The Bertz CT molecular complexity index is 215. The van der Waals surface area contributed by atoms with Gasteiger partial charge in [-0.05, 0) is 37.5 Å². The minimum absolute atomic E-state index is 0.0729. The molecule has 0 aromatic rings. The van der Waals surface area contributed by atoms with Crippen molar-refractivity contribution in [1.29, 1.82) is 0 Å². The Hall–Kier alpha value is -0.370. The first-order valence-corrected chi connectivity index (χ1v) is 6.23. The Morgan fingerprint density at radius 2 is 2.00 bits per heavy atom. The van der Waals surface area contributed by atoms with E-state index in [1.807, 2.05) is 0 Å². The predicted octanol–water partition coefficient (Wildman–Crippen LogP) is 2.93. The number of carbonyl (C=O) groups excluding carboxylic acids is 1. The summed E-state index contributed by atoms with van der Waals surface area (Å²) in [6.45, 7) is 6.36. The van der Waals surface area contributed by atoms with Crippen molar-refractivity contribution in [1.82, 2.24) is 0 Å². The van der Waals surface area contributed by atoms with Crippen LogP contribution in [-0.2, 0) is 4.79 Å². The van der Waals surface area contributed by atoms with Crippen LogP contribution >= 0.6 is 0 Å². The van der Waals surface area contributed by atoms with Gasteiger partial charge < -0.3 is 5.11 Å². The first-order valence-electron chi connectivity index (χ1n) is 6.23. The summed E-state index contributed by atoms with van der Waals surface area (Å²) in [5.74, 6) is 1.14. The molecule has 0 saturated heterocycles. The van der Waals surface area contributed by atoms with Crippen LogP contribution in [0.5, 0.6) is 0 Å². The van der Waals surface area contributed by atoms with Crippen LogP contribution in [0.3, 0.4) is 0 Å². The Kier molecular flexibility index (Phi) is 4.32. The van der Waals surface area contributed by atoms with E-state index in [-0.39, 0.29) is 5.78 Å². The van der Waals surface area contributed by atoms with Crippen molar-refractivity contribution in [3.63, 3.8) is 0 Å².